The van der Waals surface area contributed by atoms with Gasteiger partial charge >= 0.3 is 0 Å². The van der Waals surface area contributed by atoms with Crippen LogP contribution >= 0.6 is 0 Å². The average molecular weight is 390 g/mol. The second kappa shape index (κ2) is 8.08. The van der Waals surface area contributed by atoms with E-state index < -0.39 is 10.0 Å². The highest BCUT2D eigenvalue weighted by atomic mass is 32.2. The second-order valence-corrected chi connectivity index (χ2v) is 8.67. The van der Waals surface area contributed by atoms with Crippen molar-refractivity contribution in [1.29, 1.82) is 0 Å². The summed E-state index contributed by atoms with van der Waals surface area (Å²) in [6, 6.07) is 10.7. The van der Waals surface area contributed by atoms with Gasteiger partial charge in [-0.3, -0.25) is 4.31 Å². The van der Waals surface area contributed by atoms with Crippen molar-refractivity contribution in [3.8, 4) is 0 Å². The van der Waals surface area contributed by atoms with Crippen LogP contribution in [0, 0.1) is 5.82 Å². The molecule has 1 heterocycles. The SMILES string of the molecule is CS(=O)(=O)N1CCCc2ccc(CNc3ccc(CCC=O)c(F)c3)cc21. The molecule has 3 rings (SSSR count). The van der Waals surface area contributed by atoms with Crippen LogP contribution in [0.25, 0.3) is 0 Å². The molecule has 7 heteroatoms. The predicted molar refractivity (Wildman–Crippen MR) is 105 cm³/mol. The lowest BCUT2D eigenvalue weighted by molar-refractivity contribution is -0.107. The van der Waals surface area contributed by atoms with Gasteiger partial charge in [-0.15, -0.1) is 0 Å². The van der Waals surface area contributed by atoms with Gasteiger partial charge in [0.15, 0.2) is 0 Å². The Morgan fingerprint density at radius 2 is 2.04 bits per heavy atom. The van der Waals surface area contributed by atoms with Gasteiger partial charge in [-0.1, -0.05) is 18.2 Å². The summed E-state index contributed by atoms with van der Waals surface area (Å²) in [5.74, 6) is -0.337. The molecular weight excluding hydrogens is 367 g/mol. The predicted octanol–water partition coefficient (Wildman–Crippen LogP) is 3.28. The van der Waals surface area contributed by atoms with Crippen molar-refractivity contribution in [3.63, 3.8) is 0 Å². The Balaban J connectivity index is 1.74. The van der Waals surface area contributed by atoms with E-state index >= 15 is 0 Å². The number of hydrogen-bond acceptors (Lipinski definition) is 4. The summed E-state index contributed by atoms with van der Waals surface area (Å²) in [5, 5.41) is 3.17. The van der Waals surface area contributed by atoms with Crippen molar-refractivity contribution in [1.82, 2.24) is 0 Å². The van der Waals surface area contributed by atoms with Gasteiger partial charge < -0.3 is 10.1 Å². The minimum Gasteiger partial charge on any atom is -0.381 e. The summed E-state index contributed by atoms with van der Waals surface area (Å²) in [6.45, 7) is 0.953. The number of rotatable bonds is 7. The van der Waals surface area contributed by atoms with Crippen molar-refractivity contribution in [2.24, 2.45) is 0 Å². The highest BCUT2D eigenvalue weighted by Gasteiger charge is 2.24. The topological polar surface area (TPSA) is 66.5 Å². The van der Waals surface area contributed by atoms with Gasteiger partial charge in [-0.2, -0.15) is 0 Å². The first-order valence-corrected chi connectivity index (χ1v) is 10.8. The van der Waals surface area contributed by atoms with Crippen LogP contribution in [0.3, 0.4) is 0 Å². The van der Waals surface area contributed by atoms with E-state index in [0.717, 1.165) is 35.9 Å². The van der Waals surface area contributed by atoms with Crippen LogP contribution in [-0.2, 0) is 34.2 Å². The zero-order valence-corrected chi connectivity index (χ0v) is 16.1. The molecule has 0 fully saturated rings. The first-order chi connectivity index (χ1) is 12.9. The number of fused-ring (bicyclic) bond motifs is 1. The summed E-state index contributed by atoms with van der Waals surface area (Å²) in [5.41, 5.74) is 3.85. The minimum atomic E-state index is -3.30. The third-order valence-electron chi connectivity index (χ3n) is 4.71. The summed E-state index contributed by atoms with van der Waals surface area (Å²) in [4.78, 5) is 10.4. The van der Waals surface area contributed by atoms with E-state index in [-0.39, 0.29) is 5.82 Å². The molecule has 0 aliphatic carbocycles. The Morgan fingerprint density at radius 3 is 2.74 bits per heavy atom. The maximum absolute atomic E-state index is 14.1. The van der Waals surface area contributed by atoms with Crippen LogP contribution in [-0.4, -0.2) is 27.5 Å². The number of sulfonamides is 1. The van der Waals surface area contributed by atoms with Gasteiger partial charge in [0.2, 0.25) is 10.0 Å². The number of nitrogens with zero attached hydrogens (tertiary/aromatic N) is 1. The highest BCUT2D eigenvalue weighted by Crippen LogP contribution is 2.30. The fourth-order valence-corrected chi connectivity index (χ4v) is 4.31. The van der Waals surface area contributed by atoms with Crippen LogP contribution < -0.4 is 9.62 Å². The number of aldehydes is 1. The fraction of sp³-hybridized carbons (Fsp3) is 0.350. The van der Waals surface area contributed by atoms with E-state index in [2.05, 4.69) is 5.32 Å². The van der Waals surface area contributed by atoms with Crippen molar-refractivity contribution >= 4 is 27.7 Å². The van der Waals surface area contributed by atoms with E-state index in [1.54, 1.807) is 12.1 Å². The molecule has 1 aliphatic rings. The van der Waals surface area contributed by atoms with Crippen molar-refractivity contribution in [2.45, 2.75) is 32.2 Å². The normalized spacial score (nSPS) is 13.9. The molecule has 27 heavy (non-hydrogen) atoms. The average Bonchev–Trinajstić information content (AvgIpc) is 2.64. The molecule has 2 aromatic carbocycles. The molecule has 0 amide bonds. The van der Waals surface area contributed by atoms with Gasteiger partial charge in [0.25, 0.3) is 0 Å². The Hall–Kier alpha value is -2.41. The molecule has 0 saturated carbocycles. The maximum atomic E-state index is 14.1. The van der Waals surface area contributed by atoms with Crippen LogP contribution in [0.4, 0.5) is 15.8 Å². The third kappa shape index (κ3) is 4.66. The second-order valence-electron chi connectivity index (χ2n) is 6.77. The van der Waals surface area contributed by atoms with Crippen LogP contribution in [0.5, 0.6) is 0 Å². The van der Waals surface area contributed by atoms with Gasteiger partial charge in [0.1, 0.15) is 12.1 Å². The van der Waals surface area contributed by atoms with Crippen LogP contribution in [0.2, 0.25) is 0 Å². The van der Waals surface area contributed by atoms with Crippen LogP contribution in [0.15, 0.2) is 36.4 Å². The molecule has 0 bridgehead atoms. The Morgan fingerprint density at radius 1 is 1.22 bits per heavy atom. The molecule has 0 radical (unpaired) electrons. The lowest BCUT2D eigenvalue weighted by Gasteiger charge is -2.29. The number of carbonyl (C=O) groups excluding carboxylic acids is 1. The summed E-state index contributed by atoms with van der Waals surface area (Å²) in [6.07, 6.45) is 4.37. The fourth-order valence-electron chi connectivity index (χ4n) is 3.32. The maximum Gasteiger partial charge on any atom is 0.232 e. The first kappa shape index (κ1) is 19.4. The largest absolute Gasteiger partial charge is 0.381 e. The zero-order valence-electron chi connectivity index (χ0n) is 15.2. The lowest BCUT2D eigenvalue weighted by atomic mass is 10.0. The lowest BCUT2D eigenvalue weighted by Crippen LogP contribution is -2.34. The number of anilines is 2. The first-order valence-electron chi connectivity index (χ1n) is 8.94. The molecule has 5 nitrogen and oxygen atoms in total. The number of nitrogens with one attached hydrogen (secondary N) is 1. The summed E-state index contributed by atoms with van der Waals surface area (Å²) < 4.78 is 39.6. The molecule has 2 aromatic rings. The number of halogens is 1. The smallest absolute Gasteiger partial charge is 0.232 e. The minimum absolute atomic E-state index is 0.301. The Labute approximate surface area is 159 Å². The molecular formula is C20H23FN2O3S. The zero-order chi connectivity index (χ0) is 19.4. The number of hydrogen-bond donors (Lipinski definition) is 1. The number of benzene rings is 2. The molecule has 0 spiro atoms. The monoisotopic (exact) mass is 390 g/mol. The van der Waals surface area contributed by atoms with E-state index in [1.165, 1.54) is 16.6 Å². The van der Waals surface area contributed by atoms with Gasteiger partial charge in [-0.25, -0.2) is 12.8 Å². The van der Waals surface area contributed by atoms with E-state index in [1.807, 2.05) is 18.2 Å². The third-order valence-corrected chi connectivity index (χ3v) is 5.89. The summed E-state index contributed by atoms with van der Waals surface area (Å²) >= 11 is 0. The van der Waals surface area contributed by atoms with Crippen molar-refractivity contribution < 1.29 is 17.6 Å². The summed E-state index contributed by atoms with van der Waals surface area (Å²) in [7, 11) is -3.30. The van der Waals surface area contributed by atoms with Gasteiger partial charge in [0, 0.05) is 25.2 Å². The molecule has 144 valence electrons. The highest BCUT2D eigenvalue weighted by molar-refractivity contribution is 7.92. The molecule has 0 unspecified atom stereocenters. The van der Waals surface area contributed by atoms with E-state index in [0.29, 0.717) is 37.2 Å². The van der Waals surface area contributed by atoms with Crippen molar-refractivity contribution in [2.75, 3.05) is 22.4 Å². The van der Waals surface area contributed by atoms with Gasteiger partial charge in [0.05, 0.1) is 11.9 Å². The quantitative estimate of drug-likeness (QED) is 0.737. The molecule has 0 atom stereocenters. The van der Waals surface area contributed by atoms with E-state index in [9.17, 15) is 17.6 Å². The van der Waals surface area contributed by atoms with Crippen LogP contribution in [0.1, 0.15) is 29.5 Å². The Kier molecular flexibility index (Phi) is 5.79. The van der Waals surface area contributed by atoms with Crippen molar-refractivity contribution in [3.05, 3.63) is 58.9 Å². The van der Waals surface area contributed by atoms with Gasteiger partial charge in [-0.05, 0) is 54.2 Å². The Bertz CT molecular complexity index is 944. The molecule has 1 aliphatic heterocycles. The number of aryl methyl sites for hydroxylation is 2. The standard InChI is InChI=1S/C20H23FN2O3S/c1-27(25,26)23-10-2-4-17-7-6-15(12-20(17)23)14-22-18-9-8-16(5-3-11-24)19(21)13-18/h6-9,11-13,22H,2-5,10,14H2,1H3. The van der Waals surface area contributed by atoms with E-state index in [4.69, 9.17) is 0 Å². The molecule has 1 N–H and O–H groups in total. The molecule has 0 aromatic heterocycles. The molecule has 0 saturated heterocycles. The number of carbonyl (C=O) groups is 1.